The van der Waals surface area contributed by atoms with E-state index in [1.165, 1.54) is 0 Å². The van der Waals surface area contributed by atoms with E-state index in [1.807, 2.05) is 0 Å². The van der Waals surface area contributed by atoms with Crippen LogP contribution in [0.2, 0.25) is 0 Å². The second kappa shape index (κ2) is 9.27. The molecule has 1 aliphatic rings. The molecule has 0 spiro atoms. The lowest BCUT2D eigenvalue weighted by Crippen LogP contribution is -2.40. The van der Waals surface area contributed by atoms with Crippen LogP contribution in [-0.2, 0) is 19.0 Å². The van der Waals surface area contributed by atoms with Gasteiger partial charge in [0.25, 0.3) is 0 Å². The maximum Gasteiger partial charge on any atom is 0.236 e. The molecule has 0 aromatic rings. The molecule has 0 saturated carbocycles. The van der Waals surface area contributed by atoms with Gasteiger partial charge in [-0.1, -0.05) is 0 Å². The minimum atomic E-state index is 0.102. The predicted molar refractivity (Wildman–Crippen MR) is 67.6 cm³/mol. The summed E-state index contributed by atoms with van der Waals surface area (Å²) >= 11 is 0. The topological polar surface area (TPSA) is 51.2 Å². The van der Waals surface area contributed by atoms with Gasteiger partial charge in [0.2, 0.25) is 5.91 Å². The summed E-state index contributed by atoms with van der Waals surface area (Å²) in [6.07, 6.45) is 0. The Labute approximate surface area is 109 Å². The van der Waals surface area contributed by atoms with Gasteiger partial charge in [-0.15, -0.1) is 0 Å². The fraction of sp³-hybridized carbons (Fsp3) is 0.917. The number of amides is 1. The Morgan fingerprint density at radius 2 is 1.39 bits per heavy atom. The SMILES string of the molecule is CN(C)C(=O)CN1CCOCCOCCOCC1. The molecule has 1 amide bonds. The molecule has 0 aromatic carbocycles. The molecule has 18 heavy (non-hydrogen) atoms. The molecule has 6 nitrogen and oxygen atoms in total. The van der Waals surface area contributed by atoms with Crippen molar-refractivity contribution in [1.82, 2.24) is 9.80 Å². The Balaban J connectivity index is 2.34. The van der Waals surface area contributed by atoms with Gasteiger partial charge in [0.15, 0.2) is 0 Å². The normalized spacial score (nSPS) is 20.8. The fourth-order valence-electron chi connectivity index (χ4n) is 1.53. The first-order valence-corrected chi connectivity index (χ1v) is 6.36. The largest absolute Gasteiger partial charge is 0.378 e. The number of hydrogen-bond donors (Lipinski definition) is 0. The number of likely N-dealkylation sites (N-methyl/N-ethyl adjacent to an activating group) is 1. The summed E-state index contributed by atoms with van der Waals surface area (Å²) < 4.78 is 16.2. The minimum Gasteiger partial charge on any atom is -0.378 e. The lowest BCUT2D eigenvalue weighted by molar-refractivity contribution is -0.130. The first-order chi connectivity index (χ1) is 8.70. The summed E-state index contributed by atoms with van der Waals surface area (Å²) in [7, 11) is 3.53. The smallest absolute Gasteiger partial charge is 0.236 e. The van der Waals surface area contributed by atoms with Crippen LogP contribution in [0.15, 0.2) is 0 Å². The number of ether oxygens (including phenoxy) is 3. The molecule has 0 bridgehead atoms. The van der Waals surface area contributed by atoms with Crippen LogP contribution in [0, 0.1) is 0 Å². The van der Waals surface area contributed by atoms with Crippen LogP contribution in [0.4, 0.5) is 0 Å². The first-order valence-electron chi connectivity index (χ1n) is 6.36. The van der Waals surface area contributed by atoms with Crippen molar-refractivity contribution >= 4 is 5.91 Å². The number of carbonyl (C=O) groups is 1. The van der Waals surface area contributed by atoms with Gasteiger partial charge in [-0.3, -0.25) is 9.69 Å². The molecule has 0 unspecified atom stereocenters. The minimum absolute atomic E-state index is 0.102. The lowest BCUT2D eigenvalue weighted by Gasteiger charge is -2.23. The van der Waals surface area contributed by atoms with Gasteiger partial charge in [0.05, 0.1) is 46.2 Å². The number of nitrogens with zero attached hydrogens (tertiary/aromatic N) is 2. The van der Waals surface area contributed by atoms with Crippen molar-refractivity contribution in [1.29, 1.82) is 0 Å². The molecule has 106 valence electrons. The van der Waals surface area contributed by atoms with Gasteiger partial charge in [0, 0.05) is 27.2 Å². The second-order valence-electron chi connectivity index (χ2n) is 4.40. The first kappa shape index (κ1) is 15.4. The summed E-state index contributed by atoms with van der Waals surface area (Å²) in [4.78, 5) is 15.3. The quantitative estimate of drug-likeness (QED) is 0.666. The zero-order valence-corrected chi connectivity index (χ0v) is 11.4. The Bertz CT molecular complexity index is 224. The number of rotatable bonds is 2. The average Bonchev–Trinajstić information content (AvgIpc) is 2.32. The van der Waals surface area contributed by atoms with Gasteiger partial charge in [-0.25, -0.2) is 0 Å². The van der Waals surface area contributed by atoms with Crippen LogP contribution < -0.4 is 0 Å². The number of carbonyl (C=O) groups excluding carboxylic acids is 1. The van der Waals surface area contributed by atoms with E-state index in [0.29, 0.717) is 46.2 Å². The molecule has 1 heterocycles. The Hall–Kier alpha value is -0.690. The van der Waals surface area contributed by atoms with Crippen LogP contribution in [-0.4, -0.2) is 89.1 Å². The van der Waals surface area contributed by atoms with Crippen molar-refractivity contribution in [2.24, 2.45) is 0 Å². The van der Waals surface area contributed by atoms with E-state index >= 15 is 0 Å². The van der Waals surface area contributed by atoms with Gasteiger partial charge in [-0.05, 0) is 0 Å². The summed E-state index contributed by atoms with van der Waals surface area (Å²) in [6.45, 7) is 5.50. The third-order valence-corrected chi connectivity index (χ3v) is 2.71. The molecule has 0 aromatic heterocycles. The maximum atomic E-state index is 11.7. The second-order valence-corrected chi connectivity index (χ2v) is 4.40. The molecule has 1 fully saturated rings. The monoisotopic (exact) mass is 260 g/mol. The zero-order chi connectivity index (χ0) is 13.2. The Kier molecular flexibility index (Phi) is 7.91. The summed E-state index contributed by atoms with van der Waals surface area (Å²) in [5.41, 5.74) is 0. The molecular formula is C12H24N2O4. The average molecular weight is 260 g/mol. The van der Waals surface area contributed by atoms with Gasteiger partial charge in [0.1, 0.15) is 0 Å². The Morgan fingerprint density at radius 1 is 0.944 bits per heavy atom. The van der Waals surface area contributed by atoms with Crippen molar-refractivity contribution in [2.45, 2.75) is 0 Å². The molecule has 0 atom stereocenters. The maximum absolute atomic E-state index is 11.7. The molecule has 0 N–H and O–H groups in total. The van der Waals surface area contributed by atoms with Crippen LogP contribution in [0.25, 0.3) is 0 Å². The van der Waals surface area contributed by atoms with E-state index in [9.17, 15) is 4.79 Å². The third kappa shape index (κ3) is 6.90. The predicted octanol–water partition coefficient (Wildman–Crippen LogP) is -0.560. The molecule has 1 rings (SSSR count). The van der Waals surface area contributed by atoms with Crippen LogP contribution >= 0.6 is 0 Å². The van der Waals surface area contributed by atoms with Gasteiger partial charge >= 0.3 is 0 Å². The van der Waals surface area contributed by atoms with Gasteiger partial charge in [-0.2, -0.15) is 0 Å². The van der Waals surface area contributed by atoms with E-state index in [4.69, 9.17) is 14.2 Å². The van der Waals surface area contributed by atoms with Crippen LogP contribution in [0.1, 0.15) is 0 Å². The zero-order valence-electron chi connectivity index (χ0n) is 11.4. The fourth-order valence-corrected chi connectivity index (χ4v) is 1.53. The van der Waals surface area contributed by atoms with Crippen LogP contribution in [0.3, 0.4) is 0 Å². The highest BCUT2D eigenvalue weighted by molar-refractivity contribution is 5.77. The molecule has 1 aliphatic heterocycles. The van der Waals surface area contributed by atoms with E-state index in [2.05, 4.69) is 4.90 Å². The molecule has 0 radical (unpaired) electrons. The Morgan fingerprint density at radius 3 is 1.83 bits per heavy atom. The standard InChI is InChI=1S/C12H24N2O4/c1-13(2)12(15)11-14-3-5-16-7-9-18-10-8-17-6-4-14/h3-11H2,1-2H3. The van der Waals surface area contributed by atoms with E-state index in [-0.39, 0.29) is 5.91 Å². The van der Waals surface area contributed by atoms with Crippen molar-refractivity contribution in [3.63, 3.8) is 0 Å². The summed E-state index contributed by atoms with van der Waals surface area (Å²) in [5, 5.41) is 0. The van der Waals surface area contributed by atoms with Gasteiger partial charge < -0.3 is 19.1 Å². The highest BCUT2D eigenvalue weighted by Crippen LogP contribution is 1.94. The van der Waals surface area contributed by atoms with Crippen LogP contribution in [0.5, 0.6) is 0 Å². The summed E-state index contributed by atoms with van der Waals surface area (Å²) in [6, 6.07) is 0. The summed E-state index contributed by atoms with van der Waals surface area (Å²) in [5.74, 6) is 0.102. The molecule has 6 heteroatoms. The van der Waals surface area contributed by atoms with Crippen molar-refractivity contribution in [3.8, 4) is 0 Å². The highest BCUT2D eigenvalue weighted by Gasteiger charge is 2.12. The van der Waals surface area contributed by atoms with Crippen molar-refractivity contribution in [3.05, 3.63) is 0 Å². The lowest BCUT2D eigenvalue weighted by atomic mass is 10.4. The van der Waals surface area contributed by atoms with E-state index in [1.54, 1.807) is 19.0 Å². The molecule has 0 aliphatic carbocycles. The van der Waals surface area contributed by atoms with Crippen molar-refractivity contribution in [2.75, 3.05) is 73.4 Å². The molecular weight excluding hydrogens is 236 g/mol. The van der Waals surface area contributed by atoms with E-state index < -0.39 is 0 Å². The number of hydrogen-bond acceptors (Lipinski definition) is 5. The van der Waals surface area contributed by atoms with Crippen molar-refractivity contribution < 1.29 is 19.0 Å². The highest BCUT2D eigenvalue weighted by atomic mass is 16.5. The third-order valence-electron chi connectivity index (χ3n) is 2.71. The van der Waals surface area contributed by atoms with E-state index in [0.717, 1.165) is 13.1 Å². The molecule has 1 saturated heterocycles.